The van der Waals surface area contributed by atoms with Gasteiger partial charge in [-0.1, -0.05) is 6.07 Å². The molecule has 1 atom stereocenters. The topological polar surface area (TPSA) is 69.9 Å². The van der Waals surface area contributed by atoms with Crippen LogP contribution in [0.2, 0.25) is 0 Å². The Morgan fingerprint density at radius 3 is 2.80 bits per heavy atom. The van der Waals surface area contributed by atoms with E-state index in [9.17, 15) is 5.11 Å². The molecule has 1 aromatic carbocycles. The first-order valence-electron chi connectivity index (χ1n) is 4.46. The predicted octanol–water partition coefficient (Wildman–Crippen LogP) is 0.846. The smallest absolute Gasteiger partial charge is 0.171 e. The summed E-state index contributed by atoms with van der Waals surface area (Å²) < 4.78 is 4.94. The van der Waals surface area contributed by atoms with E-state index in [0.717, 1.165) is 0 Å². The number of hydrogen-bond acceptors (Lipinski definition) is 5. The Morgan fingerprint density at radius 2 is 2.20 bits per heavy atom. The number of aliphatic hydroxyl groups excluding tert-OH is 2. The van der Waals surface area contributed by atoms with Gasteiger partial charge in [0.05, 0.1) is 24.7 Å². The number of benzene rings is 1. The van der Waals surface area contributed by atoms with Gasteiger partial charge in [0.15, 0.2) is 11.5 Å². The molecule has 5 heteroatoms. The lowest BCUT2D eigenvalue weighted by Gasteiger charge is -2.10. The monoisotopic (exact) mass is 230 g/mol. The van der Waals surface area contributed by atoms with Gasteiger partial charge in [0, 0.05) is 5.75 Å². The first kappa shape index (κ1) is 12.2. The van der Waals surface area contributed by atoms with Crippen LogP contribution in [-0.2, 0) is 0 Å². The lowest BCUT2D eigenvalue weighted by Crippen LogP contribution is -2.14. The molecular formula is C10H14O4S. The van der Waals surface area contributed by atoms with E-state index < -0.39 is 6.10 Å². The van der Waals surface area contributed by atoms with Crippen LogP contribution in [0.5, 0.6) is 11.5 Å². The standard InChI is InChI=1S/C10H14O4S/c1-14-8-3-2-4-9(10(8)13)15-6-7(12)5-11/h2-4,7,11-13H,5-6H2,1H3. The van der Waals surface area contributed by atoms with E-state index in [0.29, 0.717) is 16.4 Å². The fourth-order valence-corrected chi connectivity index (χ4v) is 1.91. The van der Waals surface area contributed by atoms with Gasteiger partial charge in [0.2, 0.25) is 0 Å². The highest BCUT2D eigenvalue weighted by Gasteiger charge is 2.09. The van der Waals surface area contributed by atoms with Crippen LogP contribution in [0.4, 0.5) is 0 Å². The Labute approximate surface area is 92.5 Å². The van der Waals surface area contributed by atoms with Crippen LogP contribution >= 0.6 is 11.8 Å². The quantitative estimate of drug-likeness (QED) is 0.654. The summed E-state index contributed by atoms with van der Waals surface area (Å²) >= 11 is 1.27. The number of thioether (sulfide) groups is 1. The van der Waals surface area contributed by atoms with Crippen molar-refractivity contribution < 1.29 is 20.1 Å². The minimum atomic E-state index is -0.777. The molecule has 0 spiro atoms. The van der Waals surface area contributed by atoms with Gasteiger partial charge in [-0.05, 0) is 12.1 Å². The second kappa shape index (κ2) is 5.85. The molecule has 0 aliphatic carbocycles. The maximum atomic E-state index is 9.68. The Balaban J connectivity index is 2.68. The molecule has 0 aromatic heterocycles. The number of methoxy groups -OCH3 is 1. The number of ether oxygens (including phenoxy) is 1. The minimum absolute atomic E-state index is 0.0649. The summed E-state index contributed by atoms with van der Waals surface area (Å²) in [7, 11) is 1.48. The zero-order valence-corrected chi connectivity index (χ0v) is 9.20. The first-order valence-corrected chi connectivity index (χ1v) is 5.45. The highest BCUT2D eigenvalue weighted by molar-refractivity contribution is 7.99. The van der Waals surface area contributed by atoms with E-state index in [2.05, 4.69) is 0 Å². The molecule has 0 heterocycles. The minimum Gasteiger partial charge on any atom is -0.503 e. The molecule has 0 fully saturated rings. The van der Waals surface area contributed by atoms with Crippen LogP contribution in [0.3, 0.4) is 0 Å². The number of phenolic OH excluding ortho intramolecular Hbond substituents is 1. The van der Waals surface area contributed by atoms with E-state index in [1.807, 2.05) is 0 Å². The Kier molecular flexibility index (Phi) is 4.74. The van der Waals surface area contributed by atoms with E-state index >= 15 is 0 Å². The van der Waals surface area contributed by atoms with Crippen LogP contribution in [0, 0.1) is 0 Å². The van der Waals surface area contributed by atoms with Crippen LogP contribution in [-0.4, -0.2) is 40.9 Å². The Morgan fingerprint density at radius 1 is 1.47 bits per heavy atom. The second-order valence-electron chi connectivity index (χ2n) is 2.95. The van der Waals surface area contributed by atoms with Crippen molar-refractivity contribution in [3.05, 3.63) is 18.2 Å². The summed E-state index contributed by atoms with van der Waals surface area (Å²) in [6.45, 7) is -0.280. The van der Waals surface area contributed by atoms with Crippen LogP contribution in [0.1, 0.15) is 0 Å². The van der Waals surface area contributed by atoms with E-state index in [1.165, 1.54) is 18.9 Å². The van der Waals surface area contributed by atoms with Crippen molar-refractivity contribution in [2.45, 2.75) is 11.0 Å². The van der Waals surface area contributed by atoms with Crippen LogP contribution in [0.15, 0.2) is 23.1 Å². The van der Waals surface area contributed by atoms with Gasteiger partial charge in [-0.25, -0.2) is 0 Å². The van der Waals surface area contributed by atoms with Gasteiger partial charge < -0.3 is 20.1 Å². The fraction of sp³-hybridized carbons (Fsp3) is 0.400. The lowest BCUT2D eigenvalue weighted by molar-refractivity contribution is 0.113. The van der Waals surface area contributed by atoms with E-state index in [1.54, 1.807) is 18.2 Å². The van der Waals surface area contributed by atoms with Gasteiger partial charge in [0.25, 0.3) is 0 Å². The highest BCUT2D eigenvalue weighted by atomic mass is 32.2. The molecule has 1 rings (SSSR count). The molecule has 84 valence electrons. The molecule has 0 amide bonds. The van der Waals surface area contributed by atoms with Crippen LogP contribution in [0.25, 0.3) is 0 Å². The van der Waals surface area contributed by atoms with Gasteiger partial charge in [-0.15, -0.1) is 11.8 Å². The predicted molar refractivity (Wildman–Crippen MR) is 58.5 cm³/mol. The van der Waals surface area contributed by atoms with Gasteiger partial charge >= 0.3 is 0 Å². The summed E-state index contributed by atoms with van der Waals surface area (Å²) in [5.74, 6) is 0.797. The molecule has 15 heavy (non-hydrogen) atoms. The summed E-state index contributed by atoms with van der Waals surface area (Å²) in [5, 5.41) is 27.5. The van der Waals surface area contributed by atoms with Crippen molar-refractivity contribution in [2.75, 3.05) is 19.5 Å². The molecule has 0 aliphatic rings. The second-order valence-corrected chi connectivity index (χ2v) is 4.02. The number of phenols is 1. The largest absolute Gasteiger partial charge is 0.503 e. The molecule has 0 saturated carbocycles. The molecule has 0 radical (unpaired) electrons. The van der Waals surface area contributed by atoms with Crippen molar-refractivity contribution in [2.24, 2.45) is 0 Å². The molecular weight excluding hydrogens is 216 g/mol. The van der Waals surface area contributed by atoms with Crippen molar-refractivity contribution in [3.63, 3.8) is 0 Å². The SMILES string of the molecule is COc1cccc(SCC(O)CO)c1O. The molecule has 3 N–H and O–H groups in total. The summed E-state index contributed by atoms with van der Waals surface area (Å²) in [6.07, 6.45) is -0.777. The molecule has 0 saturated heterocycles. The Bertz CT molecular complexity index is 316. The average Bonchev–Trinajstić information content (AvgIpc) is 2.27. The van der Waals surface area contributed by atoms with Crippen molar-refractivity contribution in [1.29, 1.82) is 0 Å². The van der Waals surface area contributed by atoms with Crippen molar-refractivity contribution >= 4 is 11.8 Å². The maximum Gasteiger partial charge on any atom is 0.171 e. The van der Waals surface area contributed by atoms with E-state index in [4.69, 9.17) is 14.9 Å². The number of para-hydroxylation sites is 1. The molecule has 0 bridgehead atoms. The first-order chi connectivity index (χ1) is 7.19. The fourth-order valence-electron chi connectivity index (χ4n) is 1.02. The maximum absolute atomic E-state index is 9.68. The third-order valence-corrected chi connectivity index (χ3v) is 3.02. The number of aliphatic hydroxyl groups is 2. The molecule has 4 nitrogen and oxygen atoms in total. The van der Waals surface area contributed by atoms with Crippen molar-refractivity contribution in [3.8, 4) is 11.5 Å². The van der Waals surface area contributed by atoms with Gasteiger partial charge in [0.1, 0.15) is 0 Å². The molecule has 1 aromatic rings. The highest BCUT2D eigenvalue weighted by Crippen LogP contribution is 2.36. The third kappa shape index (κ3) is 3.30. The van der Waals surface area contributed by atoms with Crippen molar-refractivity contribution in [1.82, 2.24) is 0 Å². The summed E-state index contributed by atoms with van der Waals surface area (Å²) in [4.78, 5) is 0.627. The number of aromatic hydroxyl groups is 1. The third-order valence-electron chi connectivity index (χ3n) is 1.82. The summed E-state index contributed by atoms with van der Waals surface area (Å²) in [5.41, 5.74) is 0. The number of hydrogen-bond donors (Lipinski definition) is 3. The molecule has 0 aliphatic heterocycles. The number of rotatable bonds is 5. The van der Waals surface area contributed by atoms with Gasteiger partial charge in [-0.3, -0.25) is 0 Å². The summed E-state index contributed by atoms with van der Waals surface area (Å²) in [6, 6.07) is 5.14. The molecule has 1 unspecified atom stereocenters. The van der Waals surface area contributed by atoms with E-state index in [-0.39, 0.29) is 12.4 Å². The normalized spacial score (nSPS) is 12.5. The van der Waals surface area contributed by atoms with Crippen LogP contribution < -0.4 is 4.74 Å². The zero-order chi connectivity index (χ0) is 11.3. The lowest BCUT2D eigenvalue weighted by atomic mass is 10.3. The zero-order valence-electron chi connectivity index (χ0n) is 8.38. The van der Waals surface area contributed by atoms with Gasteiger partial charge in [-0.2, -0.15) is 0 Å². The average molecular weight is 230 g/mol. The Hall–Kier alpha value is -0.910.